The summed E-state index contributed by atoms with van der Waals surface area (Å²) in [7, 11) is 0. The van der Waals surface area contributed by atoms with Crippen LogP contribution in [0.4, 0.5) is 0 Å². The number of phenols is 2. The standard InChI is InChI=1S/C28H42O2S.C4H10N.Ni/c1-25(2,3)17-27(7,8)19-11-13-21(29)23(15-19)31-24-16-20(12-14-22(24)30)28(9,10)18-26(4,5)6;1-2-3-4-5;/h11-16,29-30H,17-18H2,1-10H3;5H,2-4H2,1H3;/q;-1;. The quantitative estimate of drug-likeness (QED) is 0.309. The zero-order valence-corrected chi connectivity index (χ0v) is 26.9. The molecule has 0 saturated heterocycles. The fraction of sp³-hybridized carbons (Fsp3) is 0.625. The minimum Gasteiger partial charge on any atom is -0.677 e. The third-order valence-electron chi connectivity index (χ3n) is 6.18. The van der Waals surface area contributed by atoms with Crippen molar-refractivity contribution in [2.75, 3.05) is 6.54 Å². The van der Waals surface area contributed by atoms with E-state index in [-0.39, 0.29) is 49.7 Å². The maximum Gasteiger partial charge on any atom is 0.129 e. The number of phenolic OH excluding ortho intramolecular Hbond substituents is 2. The molecule has 0 amide bonds. The maximum atomic E-state index is 10.6. The average Bonchev–Trinajstić information content (AvgIpc) is 2.68. The fourth-order valence-electron chi connectivity index (χ4n) is 5.18. The molecule has 0 spiro atoms. The first-order valence-electron chi connectivity index (χ1n) is 13.3. The summed E-state index contributed by atoms with van der Waals surface area (Å²) >= 11 is 1.44. The van der Waals surface area contributed by atoms with E-state index < -0.39 is 0 Å². The molecule has 3 nitrogen and oxygen atoms in total. The molecule has 0 radical (unpaired) electrons. The molecule has 0 bridgehead atoms. The van der Waals surface area contributed by atoms with Crippen molar-refractivity contribution in [3.63, 3.8) is 0 Å². The number of rotatable bonds is 8. The topological polar surface area (TPSA) is 64.3 Å². The van der Waals surface area contributed by atoms with Crippen LogP contribution in [0.3, 0.4) is 0 Å². The van der Waals surface area contributed by atoms with Crippen molar-refractivity contribution >= 4 is 11.8 Å². The molecule has 0 fully saturated rings. The number of nitrogens with one attached hydrogen (secondary N) is 1. The van der Waals surface area contributed by atoms with Crippen LogP contribution in [-0.2, 0) is 27.3 Å². The second kappa shape index (κ2) is 14.3. The molecule has 0 unspecified atom stereocenters. The van der Waals surface area contributed by atoms with E-state index in [4.69, 9.17) is 5.73 Å². The van der Waals surface area contributed by atoms with Gasteiger partial charge < -0.3 is 15.9 Å². The van der Waals surface area contributed by atoms with Gasteiger partial charge >= 0.3 is 0 Å². The van der Waals surface area contributed by atoms with Crippen LogP contribution in [0.15, 0.2) is 46.2 Å². The zero-order valence-electron chi connectivity index (χ0n) is 25.1. The Morgan fingerprint density at radius 2 is 1.03 bits per heavy atom. The van der Waals surface area contributed by atoms with E-state index >= 15 is 0 Å². The normalized spacial score (nSPS) is 12.4. The first-order chi connectivity index (χ1) is 16.3. The molecule has 2 aromatic carbocycles. The summed E-state index contributed by atoms with van der Waals surface area (Å²) in [5.74, 6) is 0.498. The van der Waals surface area contributed by atoms with Crippen LogP contribution in [-0.4, -0.2) is 16.8 Å². The molecule has 0 aliphatic carbocycles. The Kier molecular flexibility index (Phi) is 13.8. The van der Waals surface area contributed by atoms with E-state index in [0.29, 0.717) is 6.54 Å². The zero-order chi connectivity index (χ0) is 27.9. The molecule has 5 heteroatoms. The van der Waals surface area contributed by atoms with Crippen molar-refractivity contribution in [1.82, 2.24) is 0 Å². The number of hydrogen-bond donors (Lipinski definition) is 2. The van der Waals surface area contributed by atoms with Crippen LogP contribution in [0.25, 0.3) is 5.73 Å². The van der Waals surface area contributed by atoms with E-state index in [9.17, 15) is 10.2 Å². The first kappa shape index (κ1) is 35.8. The van der Waals surface area contributed by atoms with Gasteiger partial charge in [0, 0.05) is 16.5 Å². The van der Waals surface area contributed by atoms with Gasteiger partial charge in [-0.2, -0.15) is 6.54 Å². The van der Waals surface area contributed by atoms with Gasteiger partial charge in [-0.3, -0.25) is 0 Å². The van der Waals surface area contributed by atoms with Gasteiger partial charge in [-0.15, -0.1) is 0 Å². The van der Waals surface area contributed by atoms with Crippen LogP contribution in [0.1, 0.15) is 113 Å². The monoisotopic (exact) mass is 572 g/mol. The summed E-state index contributed by atoms with van der Waals surface area (Å²) < 4.78 is 0. The van der Waals surface area contributed by atoms with Gasteiger partial charge in [0.2, 0.25) is 0 Å². The molecule has 0 aliphatic heterocycles. The van der Waals surface area contributed by atoms with Crippen molar-refractivity contribution in [2.45, 2.75) is 122 Å². The molecule has 0 aromatic heterocycles. The van der Waals surface area contributed by atoms with Crippen LogP contribution in [0, 0.1) is 10.8 Å². The summed E-state index contributed by atoms with van der Waals surface area (Å²) in [6, 6.07) is 11.8. The Morgan fingerprint density at radius 1 is 0.676 bits per heavy atom. The molecule has 2 rings (SSSR count). The summed E-state index contributed by atoms with van der Waals surface area (Å²) in [5.41, 5.74) is 9.39. The van der Waals surface area contributed by atoms with E-state index in [1.54, 1.807) is 12.1 Å². The first-order valence-corrected chi connectivity index (χ1v) is 14.1. The van der Waals surface area contributed by atoms with Gasteiger partial charge in [0.05, 0.1) is 9.79 Å². The van der Waals surface area contributed by atoms with Gasteiger partial charge in [-0.1, -0.05) is 113 Å². The van der Waals surface area contributed by atoms with Crippen LogP contribution < -0.4 is 0 Å². The van der Waals surface area contributed by atoms with Gasteiger partial charge in [0.25, 0.3) is 0 Å². The molecular formula is C32H52NNiO2S-. The molecule has 0 saturated carbocycles. The van der Waals surface area contributed by atoms with E-state index in [2.05, 4.69) is 88.3 Å². The van der Waals surface area contributed by atoms with Crippen LogP contribution in [0.2, 0.25) is 0 Å². The molecule has 2 aromatic rings. The second-order valence-electron chi connectivity index (χ2n) is 13.8. The van der Waals surface area contributed by atoms with Crippen LogP contribution in [0.5, 0.6) is 11.5 Å². The molecule has 37 heavy (non-hydrogen) atoms. The number of unbranched alkanes of at least 4 members (excludes halogenated alkanes) is 1. The summed E-state index contributed by atoms with van der Waals surface area (Å²) in [6.45, 7) is 25.3. The molecular weight excluding hydrogens is 521 g/mol. The molecule has 0 heterocycles. The molecule has 214 valence electrons. The molecule has 0 atom stereocenters. The van der Waals surface area contributed by atoms with E-state index in [0.717, 1.165) is 35.5 Å². The number of benzene rings is 2. The van der Waals surface area contributed by atoms with Gasteiger partial charge in [-0.25, -0.2) is 0 Å². The predicted octanol–water partition coefficient (Wildman–Crippen LogP) is 10.5. The number of aromatic hydroxyl groups is 2. The third kappa shape index (κ3) is 12.5. The largest absolute Gasteiger partial charge is 0.677 e. The number of hydrogen-bond acceptors (Lipinski definition) is 3. The van der Waals surface area contributed by atoms with Crippen molar-refractivity contribution in [3.8, 4) is 11.5 Å². The maximum absolute atomic E-state index is 10.6. The second-order valence-corrected chi connectivity index (χ2v) is 14.9. The minimum atomic E-state index is -0.0140. The Balaban J connectivity index is 0.00000196. The van der Waals surface area contributed by atoms with Crippen molar-refractivity contribution in [2.24, 2.45) is 10.8 Å². The smallest absolute Gasteiger partial charge is 0.129 e. The molecule has 0 aliphatic rings. The Morgan fingerprint density at radius 3 is 1.27 bits per heavy atom. The Hall–Kier alpha value is -1.16. The summed E-state index contributed by atoms with van der Waals surface area (Å²) in [5, 5.41) is 21.1. The van der Waals surface area contributed by atoms with Crippen molar-refractivity contribution in [3.05, 3.63) is 53.3 Å². The summed E-state index contributed by atoms with van der Waals surface area (Å²) in [6.07, 6.45) is 4.29. The van der Waals surface area contributed by atoms with E-state index in [1.165, 1.54) is 22.9 Å². The van der Waals surface area contributed by atoms with Crippen molar-refractivity contribution < 1.29 is 26.7 Å². The Labute approximate surface area is 242 Å². The minimum absolute atomic E-state index is 0. The average molecular weight is 574 g/mol. The third-order valence-corrected chi connectivity index (χ3v) is 7.27. The van der Waals surface area contributed by atoms with Crippen molar-refractivity contribution in [1.29, 1.82) is 0 Å². The van der Waals surface area contributed by atoms with E-state index in [1.807, 2.05) is 12.1 Å². The SMILES string of the molecule is CC(C)(C)CC(C)(C)c1ccc(O)c(Sc2cc(C(C)(C)CC(C)(C)C)ccc2O)c1.CCCC[NH-].[Ni]. The van der Waals surface area contributed by atoms with Gasteiger partial charge in [-0.05, 0) is 69.9 Å². The van der Waals surface area contributed by atoms with Gasteiger partial charge in [0.1, 0.15) is 11.5 Å². The molecule has 3 N–H and O–H groups in total. The summed E-state index contributed by atoms with van der Waals surface area (Å²) in [4.78, 5) is 1.56. The fourth-order valence-corrected chi connectivity index (χ4v) is 6.14. The predicted molar refractivity (Wildman–Crippen MR) is 159 cm³/mol. The van der Waals surface area contributed by atoms with Gasteiger partial charge in [0.15, 0.2) is 0 Å². The Bertz CT molecular complexity index is 894. The van der Waals surface area contributed by atoms with Crippen LogP contribution >= 0.6 is 11.8 Å².